The SMILES string of the molecule is c1cc(OC2CCCOC2)ccc1CNC1CC1. The van der Waals surface area contributed by atoms with Crippen LogP contribution in [-0.4, -0.2) is 25.4 Å². The molecule has 3 nitrogen and oxygen atoms in total. The summed E-state index contributed by atoms with van der Waals surface area (Å²) in [5.74, 6) is 0.959. The number of rotatable bonds is 5. The first-order valence-corrected chi connectivity index (χ1v) is 6.97. The number of ether oxygens (including phenoxy) is 2. The molecule has 1 saturated carbocycles. The molecule has 0 amide bonds. The Morgan fingerprint density at radius 1 is 1.17 bits per heavy atom. The van der Waals surface area contributed by atoms with Crippen molar-refractivity contribution in [3.05, 3.63) is 29.8 Å². The minimum atomic E-state index is 0.231. The van der Waals surface area contributed by atoms with Gasteiger partial charge in [-0.1, -0.05) is 12.1 Å². The second-order valence-electron chi connectivity index (χ2n) is 5.26. The third-order valence-corrected chi connectivity index (χ3v) is 3.52. The predicted molar refractivity (Wildman–Crippen MR) is 70.8 cm³/mol. The van der Waals surface area contributed by atoms with Gasteiger partial charge in [-0.25, -0.2) is 0 Å². The summed E-state index contributed by atoms with van der Waals surface area (Å²) in [6.45, 7) is 2.58. The molecule has 1 aliphatic carbocycles. The molecule has 1 atom stereocenters. The van der Waals surface area contributed by atoms with E-state index in [1.165, 1.54) is 18.4 Å². The maximum Gasteiger partial charge on any atom is 0.122 e. The van der Waals surface area contributed by atoms with Crippen molar-refractivity contribution in [2.75, 3.05) is 13.2 Å². The van der Waals surface area contributed by atoms with Crippen molar-refractivity contribution in [3.8, 4) is 5.75 Å². The van der Waals surface area contributed by atoms with E-state index in [1.807, 2.05) is 0 Å². The number of hydrogen-bond acceptors (Lipinski definition) is 3. The second-order valence-corrected chi connectivity index (χ2v) is 5.26. The van der Waals surface area contributed by atoms with Gasteiger partial charge in [-0.05, 0) is 43.4 Å². The fourth-order valence-electron chi connectivity index (χ4n) is 2.23. The highest BCUT2D eigenvalue weighted by molar-refractivity contribution is 5.27. The van der Waals surface area contributed by atoms with Crippen LogP contribution in [0.4, 0.5) is 0 Å². The van der Waals surface area contributed by atoms with E-state index in [-0.39, 0.29) is 6.10 Å². The Labute approximate surface area is 108 Å². The average Bonchev–Trinajstić information content (AvgIpc) is 3.23. The quantitative estimate of drug-likeness (QED) is 0.867. The summed E-state index contributed by atoms with van der Waals surface area (Å²) in [5.41, 5.74) is 1.33. The van der Waals surface area contributed by atoms with E-state index in [9.17, 15) is 0 Å². The third-order valence-electron chi connectivity index (χ3n) is 3.52. The van der Waals surface area contributed by atoms with Crippen LogP contribution in [0.25, 0.3) is 0 Å². The zero-order valence-electron chi connectivity index (χ0n) is 10.7. The lowest BCUT2D eigenvalue weighted by atomic mass is 10.1. The van der Waals surface area contributed by atoms with Gasteiger partial charge < -0.3 is 14.8 Å². The smallest absolute Gasteiger partial charge is 0.122 e. The molecule has 0 spiro atoms. The molecule has 1 heterocycles. The molecule has 2 aliphatic rings. The molecular weight excluding hydrogens is 226 g/mol. The van der Waals surface area contributed by atoms with Gasteiger partial charge in [0.25, 0.3) is 0 Å². The molecule has 0 radical (unpaired) electrons. The van der Waals surface area contributed by atoms with Crippen LogP contribution in [-0.2, 0) is 11.3 Å². The summed E-state index contributed by atoms with van der Waals surface area (Å²) in [5, 5.41) is 3.51. The van der Waals surface area contributed by atoms with Gasteiger partial charge in [0.2, 0.25) is 0 Å². The van der Waals surface area contributed by atoms with E-state index in [4.69, 9.17) is 9.47 Å². The van der Waals surface area contributed by atoms with Gasteiger partial charge in [-0.3, -0.25) is 0 Å². The first-order valence-electron chi connectivity index (χ1n) is 6.97. The minimum Gasteiger partial charge on any atom is -0.488 e. The molecule has 3 rings (SSSR count). The van der Waals surface area contributed by atoms with Crippen molar-refractivity contribution in [1.29, 1.82) is 0 Å². The Balaban J connectivity index is 1.49. The van der Waals surface area contributed by atoms with E-state index in [1.54, 1.807) is 0 Å². The lowest BCUT2D eigenvalue weighted by Crippen LogP contribution is -2.27. The Morgan fingerprint density at radius 3 is 2.67 bits per heavy atom. The molecule has 1 aromatic rings. The molecule has 98 valence electrons. The molecule has 1 N–H and O–H groups in total. The molecule has 3 heteroatoms. The maximum atomic E-state index is 5.90. The van der Waals surface area contributed by atoms with Gasteiger partial charge in [-0.2, -0.15) is 0 Å². The van der Waals surface area contributed by atoms with Crippen molar-refractivity contribution in [3.63, 3.8) is 0 Å². The zero-order valence-corrected chi connectivity index (χ0v) is 10.7. The first kappa shape index (κ1) is 12.0. The lowest BCUT2D eigenvalue weighted by Gasteiger charge is -2.23. The summed E-state index contributed by atoms with van der Waals surface area (Å²) in [6.07, 6.45) is 5.11. The van der Waals surface area contributed by atoms with Gasteiger partial charge >= 0.3 is 0 Å². The third kappa shape index (κ3) is 3.47. The Bertz CT molecular complexity index is 367. The standard InChI is InChI=1S/C15H21NO2/c1-2-15(11-17-9-1)18-14-7-3-12(4-8-14)10-16-13-5-6-13/h3-4,7-8,13,15-16H,1-2,5-6,9-11H2. The topological polar surface area (TPSA) is 30.5 Å². The minimum absolute atomic E-state index is 0.231. The van der Waals surface area contributed by atoms with Gasteiger partial charge in [0, 0.05) is 19.2 Å². The molecule has 0 bridgehead atoms. The molecular formula is C15H21NO2. The first-order chi connectivity index (χ1) is 8.90. The van der Waals surface area contributed by atoms with Crippen LogP contribution in [0, 0.1) is 0 Å². The summed E-state index contributed by atoms with van der Waals surface area (Å²) in [7, 11) is 0. The highest BCUT2D eigenvalue weighted by atomic mass is 16.5. The average molecular weight is 247 g/mol. The maximum absolute atomic E-state index is 5.90. The second kappa shape index (κ2) is 5.72. The Kier molecular flexibility index (Phi) is 3.81. The van der Waals surface area contributed by atoms with Crippen molar-refractivity contribution in [1.82, 2.24) is 5.32 Å². The Morgan fingerprint density at radius 2 is 2.00 bits per heavy atom. The van der Waals surface area contributed by atoms with Crippen LogP contribution in [0.1, 0.15) is 31.2 Å². The highest BCUT2D eigenvalue weighted by Crippen LogP contribution is 2.21. The van der Waals surface area contributed by atoms with Crippen LogP contribution < -0.4 is 10.1 Å². The van der Waals surface area contributed by atoms with Crippen LogP contribution in [0.3, 0.4) is 0 Å². The van der Waals surface area contributed by atoms with Crippen LogP contribution in [0.2, 0.25) is 0 Å². The molecule has 1 unspecified atom stereocenters. The fourth-order valence-corrected chi connectivity index (χ4v) is 2.23. The highest BCUT2D eigenvalue weighted by Gasteiger charge is 2.20. The monoisotopic (exact) mass is 247 g/mol. The molecule has 1 aliphatic heterocycles. The molecule has 18 heavy (non-hydrogen) atoms. The molecule has 1 aromatic carbocycles. The van der Waals surface area contributed by atoms with Crippen molar-refractivity contribution >= 4 is 0 Å². The van der Waals surface area contributed by atoms with Gasteiger partial charge in [0.15, 0.2) is 0 Å². The van der Waals surface area contributed by atoms with Crippen LogP contribution in [0.5, 0.6) is 5.75 Å². The van der Waals surface area contributed by atoms with Gasteiger partial charge in [0.05, 0.1) is 6.61 Å². The van der Waals surface area contributed by atoms with Crippen LogP contribution >= 0.6 is 0 Å². The van der Waals surface area contributed by atoms with Gasteiger partial charge in [0.1, 0.15) is 11.9 Å². The number of benzene rings is 1. The van der Waals surface area contributed by atoms with E-state index in [0.29, 0.717) is 0 Å². The van der Waals surface area contributed by atoms with Crippen molar-refractivity contribution < 1.29 is 9.47 Å². The normalized spacial score (nSPS) is 23.9. The predicted octanol–water partition coefficient (Wildman–Crippen LogP) is 2.50. The summed E-state index contributed by atoms with van der Waals surface area (Å²) in [6, 6.07) is 9.19. The largest absolute Gasteiger partial charge is 0.488 e. The van der Waals surface area contributed by atoms with E-state index >= 15 is 0 Å². The number of nitrogens with one attached hydrogen (secondary N) is 1. The van der Waals surface area contributed by atoms with Crippen LogP contribution in [0.15, 0.2) is 24.3 Å². The molecule has 1 saturated heterocycles. The van der Waals surface area contributed by atoms with E-state index < -0.39 is 0 Å². The molecule has 0 aromatic heterocycles. The summed E-state index contributed by atoms with van der Waals surface area (Å²) in [4.78, 5) is 0. The van der Waals surface area contributed by atoms with E-state index in [2.05, 4.69) is 29.6 Å². The van der Waals surface area contributed by atoms with E-state index in [0.717, 1.165) is 44.4 Å². The Hall–Kier alpha value is -1.06. The number of hydrogen-bond donors (Lipinski definition) is 1. The fraction of sp³-hybridized carbons (Fsp3) is 0.600. The zero-order chi connectivity index (χ0) is 12.2. The van der Waals surface area contributed by atoms with Crippen molar-refractivity contribution in [2.24, 2.45) is 0 Å². The summed E-state index contributed by atoms with van der Waals surface area (Å²) < 4.78 is 11.3. The van der Waals surface area contributed by atoms with Gasteiger partial charge in [-0.15, -0.1) is 0 Å². The molecule has 2 fully saturated rings. The summed E-state index contributed by atoms with van der Waals surface area (Å²) >= 11 is 0. The van der Waals surface area contributed by atoms with Crippen molar-refractivity contribution in [2.45, 2.75) is 44.4 Å². The lowest BCUT2D eigenvalue weighted by molar-refractivity contribution is 0.00742.